The molecular formula is C36H32N2O5. The Bertz CT molecular complexity index is 1810. The number of anilines is 1. The molecular weight excluding hydrogens is 540 g/mol. The second kappa shape index (κ2) is 10.3. The molecule has 2 aliphatic carbocycles. The van der Waals surface area contributed by atoms with Gasteiger partial charge in [0.15, 0.2) is 12.4 Å². The third kappa shape index (κ3) is 4.54. The van der Waals surface area contributed by atoms with Crippen LogP contribution in [0, 0.1) is 44.4 Å². The Morgan fingerprint density at radius 3 is 2.21 bits per heavy atom. The van der Waals surface area contributed by atoms with Crippen LogP contribution in [0.25, 0.3) is 22.2 Å². The standard InChI is InChI=1S/C36H32N2O5/c1-19-4-13-29-27(14-19)28(36(42)43-18-31(39)23-6-5-20(2)21(3)15-23)17-30(37-29)22-9-11-26(12-10-22)38-34(40)32-24-7-8-25(16-24)33(32)35(38)41/h4-6,9-15,17,24-25,32-33H,7-8,16,18H2,1-3H3. The Balaban J connectivity index is 1.16. The number of rotatable bonds is 6. The van der Waals surface area contributed by atoms with Crippen LogP contribution >= 0.6 is 0 Å². The summed E-state index contributed by atoms with van der Waals surface area (Å²) in [6, 6.07) is 19.9. The van der Waals surface area contributed by atoms with E-state index in [4.69, 9.17) is 9.72 Å². The highest BCUT2D eigenvalue weighted by atomic mass is 16.5. The lowest BCUT2D eigenvalue weighted by Gasteiger charge is -2.19. The monoisotopic (exact) mass is 572 g/mol. The third-order valence-corrected chi connectivity index (χ3v) is 9.70. The van der Waals surface area contributed by atoms with Crippen molar-refractivity contribution < 1.29 is 23.9 Å². The molecule has 0 spiro atoms. The second-order valence-corrected chi connectivity index (χ2v) is 12.3. The summed E-state index contributed by atoms with van der Waals surface area (Å²) in [4.78, 5) is 58.9. The predicted molar refractivity (Wildman–Crippen MR) is 163 cm³/mol. The molecule has 1 aromatic heterocycles. The van der Waals surface area contributed by atoms with E-state index >= 15 is 0 Å². The first kappa shape index (κ1) is 27.2. The molecule has 7 heteroatoms. The summed E-state index contributed by atoms with van der Waals surface area (Å²) in [5, 5.41) is 0.637. The summed E-state index contributed by atoms with van der Waals surface area (Å²) in [5.41, 5.74) is 6.31. The first-order chi connectivity index (χ1) is 20.7. The lowest BCUT2D eigenvalue weighted by Crippen LogP contribution is -2.32. The highest BCUT2D eigenvalue weighted by molar-refractivity contribution is 6.22. The first-order valence-electron chi connectivity index (χ1n) is 14.9. The van der Waals surface area contributed by atoms with E-state index in [0.717, 1.165) is 41.5 Å². The van der Waals surface area contributed by atoms with Gasteiger partial charge in [0.2, 0.25) is 11.8 Å². The Hall–Kier alpha value is -4.65. The Morgan fingerprint density at radius 1 is 0.837 bits per heavy atom. The van der Waals surface area contributed by atoms with Gasteiger partial charge < -0.3 is 4.74 Å². The highest BCUT2D eigenvalue weighted by Gasteiger charge is 2.61. The predicted octanol–water partition coefficient (Wildman–Crippen LogP) is 6.40. The molecule has 3 aliphatic rings. The summed E-state index contributed by atoms with van der Waals surface area (Å²) in [6.45, 7) is 5.48. The smallest absolute Gasteiger partial charge is 0.339 e. The summed E-state index contributed by atoms with van der Waals surface area (Å²) >= 11 is 0. The number of esters is 1. The summed E-state index contributed by atoms with van der Waals surface area (Å²) in [5.74, 6) is -0.721. The van der Waals surface area contributed by atoms with Gasteiger partial charge >= 0.3 is 5.97 Å². The molecule has 4 unspecified atom stereocenters. The van der Waals surface area contributed by atoms with E-state index in [-0.39, 0.29) is 36.0 Å². The maximum absolute atomic E-state index is 13.4. The Morgan fingerprint density at radius 2 is 1.53 bits per heavy atom. The number of ketones is 1. The average Bonchev–Trinajstić information content (AvgIpc) is 3.70. The van der Waals surface area contributed by atoms with Crippen LogP contribution in [0.5, 0.6) is 0 Å². The Kier molecular flexibility index (Phi) is 6.49. The van der Waals surface area contributed by atoms with E-state index in [0.29, 0.717) is 45.2 Å². The molecule has 1 saturated heterocycles. The normalized spacial score (nSPS) is 22.3. The van der Waals surface area contributed by atoms with Crippen molar-refractivity contribution in [3.63, 3.8) is 0 Å². The van der Waals surface area contributed by atoms with Crippen LogP contribution in [0.15, 0.2) is 66.7 Å². The van der Waals surface area contributed by atoms with Gasteiger partial charge in [-0.05, 0) is 99.4 Å². The van der Waals surface area contributed by atoms with Crippen molar-refractivity contribution in [2.24, 2.45) is 23.7 Å². The number of hydrogen-bond donors (Lipinski definition) is 0. The van der Waals surface area contributed by atoms with E-state index in [2.05, 4.69) is 0 Å². The molecule has 0 N–H and O–H groups in total. The summed E-state index contributed by atoms with van der Waals surface area (Å²) < 4.78 is 5.52. The van der Waals surface area contributed by atoms with E-state index in [1.807, 2.05) is 57.2 Å². The number of amides is 2. The maximum atomic E-state index is 13.4. The van der Waals surface area contributed by atoms with Crippen LogP contribution in [0.1, 0.15) is 56.7 Å². The van der Waals surface area contributed by atoms with E-state index in [9.17, 15) is 19.2 Å². The number of pyridine rings is 1. The number of aryl methyl sites for hydroxylation is 3. The number of carbonyl (C=O) groups excluding carboxylic acids is 4. The van der Waals surface area contributed by atoms with Crippen molar-refractivity contribution in [2.75, 3.05) is 11.5 Å². The molecule has 0 radical (unpaired) electrons. The van der Waals surface area contributed by atoms with Crippen LogP contribution in [0.3, 0.4) is 0 Å². The quantitative estimate of drug-likeness (QED) is 0.151. The van der Waals surface area contributed by atoms with Gasteiger partial charge in [0.25, 0.3) is 0 Å². The fraction of sp³-hybridized carbons (Fsp3) is 0.306. The number of fused-ring (bicyclic) bond motifs is 6. The molecule has 2 amide bonds. The molecule has 43 heavy (non-hydrogen) atoms. The van der Waals surface area contributed by atoms with E-state index in [1.54, 1.807) is 30.3 Å². The van der Waals surface area contributed by atoms with Gasteiger partial charge in [-0.25, -0.2) is 9.78 Å². The number of benzene rings is 3. The molecule has 3 aromatic carbocycles. The average molecular weight is 573 g/mol. The van der Waals surface area contributed by atoms with Crippen molar-refractivity contribution in [1.82, 2.24) is 4.98 Å². The minimum atomic E-state index is -0.609. The molecule has 4 aromatic rings. The maximum Gasteiger partial charge on any atom is 0.339 e. The van der Waals surface area contributed by atoms with Crippen molar-refractivity contribution in [1.29, 1.82) is 0 Å². The number of hydrogen-bond acceptors (Lipinski definition) is 6. The lowest BCUT2D eigenvalue weighted by molar-refractivity contribution is -0.123. The number of nitrogens with zero attached hydrogens (tertiary/aromatic N) is 2. The number of imide groups is 1. The largest absolute Gasteiger partial charge is 0.454 e. The molecule has 1 aliphatic heterocycles. The first-order valence-corrected chi connectivity index (χ1v) is 14.9. The topological polar surface area (TPSA) is 93.6 Å². The van der Waals surface area contributed by atoms with Gasteiger partial charge in [-0.2, -0.15) is 0 Å². The number of carbonyl (C=O) groups is 4. The summed E-state index contributed by atoms with van der Waals surface area (Å²) in [6.07, 6.45) is 3.07. The minimum Gasteiger partial charge on any atom is -0.454 e. The molecule has 4 atom stereocenters. The molecule has 2 bridgehead atoms. The summed E-state index contributed by atoms with van der Waals surface area (Å²) in [7, 11) is 0. The zero-order chi connectivity index (χ0) is 30.0. The molecule has 216 valence electrons. The van der Waals surface area contributed by atoms with E-state index in [1.165, 1.54) is 4.90 Å². The van der Waals surface area contributed by atoms with Crippen LogP contribution in [0.4, 0.5) is 5.69 Å². The fourth-order valence-electron chi connectivity index (χ4n) is 7.31. The SMILES string of the molecule is Cc1ccc2nc(-c3ccc(N4C(=O)C5C6CCC(C6)C5C4=O)cc3)cc(C(=O)OCC(=O)c3ccc(C)c(C)c3)c2c1. The van der Waals surface area contributed by atoms with Gasteiger partial charge in [0.1, 0.15) is 0 Å². The van der Waals surface area contributed by atoms with Crippen molar-refractivity contribution in [2.45, 2.75) is 40.0 Å². The molecule has 7 nitrogen and oxygen atoms in total. The zero-order valence-corrected chi connectivity index (χ0v) is 24.4. The number of aromatic nitrogens is 1. The van der Waals surface area contributed by atoms with Gasteiger partial charge in [-0.3, -0.25) is 19.3 Å². The zero-order valence-electron chi connectivity index (χ0n) is 24.4. The molecule has 2 saturated carbocycles. The van der Waals surface area contributed by atoms with Crippen LogP contribution < -0.4 is 4.90 Å². The fourth-order valence-corrected chi connectivity index (χ4v) is 7.31. The number of Topliss-reactive ketones (excluding diaryl/α,β-unsaturated/α-hetero) is 1. The molecule has 2 heterocycles. The van der Waals surface area contributed by atoms with Crippen molar-refractivity contribution >= 4 is 40.2 Å². The van der Waals surface area contributed by atoms with Crippen LogP contribution in [-0.4, -0.2) is 35.2 Å². The van der Waals surface area contributed by atoms with Crippen molar-refractivity contribution in [3.05, 3.63) is 94.5 Å². The van der Waals surface area contributed by atoms with Gasteiger partial charge in [0, 0.05) is 16.5 Å². The second-order valence-electron chi connectivity index (χ2n) is 12.3. The van der Waals surface area contributed by atoms with Crippen LogP contribution in [0.2, 0.25) is 0 Å². The molecule has 3 fully saturated rings. The van der Waals surface area contributed by atoms with Gasteiger partial charge in [-0.15, -0.1) is 0 Å². The van der Waals surface area contributed by atoms with Gasteiger partial charge in [0.05, 0.1) is 34.3 Å². The lowest BCUT2D eigenvalue weighted by atomic mass is 9.81. The van der Waals surface area contributed by atoms with E-state index < -0.39 is 5.97 Å². The number of ether oxygens (including phenoxy) is 1. The Labute approximate surface area is 249 Å². The minimum absolute atomic E-state index is 0.0745. The van der Waals surface area contributed by atoms with Gasteiger partial charge in [-0.1, -0.05) is 35.9 Å². The van der Waals surface area contributed by atoms with Crippen molar-refractivity contribution in [3.8, 4) is 11.3 Å². The highest BCUT2D eigenvalue weighted by Crippen LogP contribution is 2.56. The third-order valence-electron chi connectivity index (χ3n) is 9.70. The molecule has 7 rings (SSSR count). The van der Waals surface area contributed by atoms with Crippen LogP contribution in [-0.2, 0) is 14.3 Å².